The van der Waals surface area contributed by atoms with Crippen LogP contribution < -0.4 is 15.8 Å². The average Bonchev–Trinajstić information content (AvgIpc) is 2.74. The molecule has 1 saturated heterocycles. The molecule has 0 spiro atoms. The molecule has 3 N–H and O–H groups in total. The molecule has 2 aliphatic rings. The molecule has 0 unspecified atom stereocenters. The fraction of sp³-hybridized carbons (Fsp3) is 0.348. The normalized spacial score (nSPS) is 17.2. The van der Waals surface area contributed by atoms with Crippen LogP contribution in [0.5, 0.6) is 5.88 Å². The maximum atomic E-state index is 12.2. The number of nitrogens with zero attached hydrogens (tertiary/aromatic N) is 4. The number of fused-ring (bicyclic) bond motifs is 2. The van der Waals surface area contributed by atoms with Gasteiger partial charge in [-0.1, -0.05) is 0 Å². The quantitative estimate of drug-likeness (QED) is 0.429. The first-order valence-electron chi connectivity index (χ1n) is 10.7. The van der Waals surface area contributed by atoms with Gasteiger partial charge in [0.15, 0.2) is 0 Å². The summed E-state index contributed by atoms with van der Waals surface area (Å²) in [6.07, 6.45) is 4.63. The van der Waals surface area contributed by atoms with E-state index in [-0.39, 0.29) is 12.1 Å². The van der Waals surface area contributed by atoms with Gasteiger partial charge in [0.2, 0.25) is 12.3 Å². The van der Waals surface area contributed by atoms with Crippen molar-refractivity contribution in [3.63, 3.8) is 0 Å². The Hall–Kier alpha value is -3.79. The predicted octanol–water partition coefficient (Wildman–Crippen LogP) is 1.94. The highest BCUT2D eigenvalue weighted by Gasteiger charge is 2.33. The molecule has 3 aromatic rings. The van der Waals surface area contributed by atoms with E-state index in [1.54, 1.807) is 29.4 Å². The number of nitrogens with one attached hydrogen (secondary N) is 1. The van der Waals surface area contributed by atoms with E-state index in [4.69, 9.17) is 15.2 Å². The van der Waals surface area contributed by atoms with Crippen molar-refractivity contribution in [1.29, 1.82) is 0 Å². The number of carbonyl (C=O) groups is 2. The Morgan fingerprint density at radius 2 is 2.06 bits per heavy atom. The van der Waals surface area contributed by atoms with Gasteiger partial charge in [-0.25, -0.2) is 19.7 Å². The molecule has 1 amide bonds. The van der Waals surface area contributed by atoms with Crippen molar-refractivity contribution in [3.05, 3.63) is 47.4 Å². The zero-order valence-corrected chi connectivity index (χ0v) is 18.4. The molecule has 170 valence electrons. The van der Waals surface area contributed by atoms with Crippen molar-refractivity contribution in [1.82, 2.24) is 19.9 Å². The molecule has 2 aliphatic heterocycles. The Morgan fingerprint density at radius 3 is 2.82 bits per heavy atom. The second-order valence-electron chi connectivity index (χ2n) is 8.85. The lowest BCUT2D eigenvalue weighted by molar-refractivity contribution is -0.126. The SMILES string of the molecule is CC1(C)Cc2nc(Nc3cc4c(CN)cnc(OC5CN(C=O)C5)c4cn3)ccc2C(=O)O1. The highest BCUT2D eigenvalue weighted by atomic mass is 16.6. The van der Waals surface area contributed by atoms with E-state index in [0.717, 1.165) is 22.7 Å². The van der Waals surface area contributed by atoms with Crippen LogP contribution >= 0.6 is 0 Å². The number of likely N-dealkylation sites (tertiary alicyclic amines) is 1. The largest absolute Gasteiger partial charge is 0.470 e. The standard InChI is InChI=1S/C23H24N6O4/c1-23(2)6-18-15(22(31)33-23)3-4-19(27-18)28-20-5-16-13(7-24)8-26-21(17(16)9-25-20)32-14-10-29(11-14)12-30/h3-5,8-9,12,14H,6-7,10-11,24H2,1-2H3,(H,25,27,28). The summed E-state index contributed by atoms with van der Waals surface area (Å²) in [4.78, 5) is 38.2. The van der Waals surface area contributed by atoms with Gasteiger partial charge in [-0.05, 0) is 43.0 Å². The molecule has 10 heteroatoms. The summed E-state index contributed by atoms with van der Waals surface area (Å²) in [5, 5.41) is 4.83. The lowest BCUT2D eigenvalue weighted by Gasteiger charge is -2.35. The van der Waals surface area contributed by atoms with Gasteiger partial charge in [-0.15, -0.1) is 0 Å². The van der Waals surface area contributed by atoms with Crippen molar-refractivity contribution in [2.75, 3.05) is 18.4 Å². The summed E-state index contributed by atoms with van der Waals surface area (Å²) in [7, 11) is 0. The van der Waals surface area contributed by atoms with Crippen LogP contribution in [-0.4, -0.2) is 57.0 Å². The Morgan fingerprint density at radius 1 is 1.24 bits per heavy atom. The fourth-order valence-corrected chi connectivity index (χ4v) is 4.05. The Labute approximate surface area is 190 Å². The molecule has 0 atom stereocenters. The minimum Gasteiger partial charge on any atom is -0.470 e. The number of nitrogens with two attached hydrogens (primary N) is 1. The first-order chi connectivity index (χ1) is 15.8. The number of anilines is 2. The summed E-state index contributed by atoms with van der Waals surface area (Å²) in [5.41, 5.74) is 7.36. The third-order valence-corrected chi connectivity index (χ3v) is 5.75. The van der Waals surface area contributed by atoms with Crippen LogP contribution in [0.25, 0.3) is 10.8 Å². The van der Waals surface area contributed by atoms with Gasteiger partial charge in [0.25, 0.3) is 0 Å². The Bertz CT molecular complexity index is 1260. The summed E-state index contributed by atoms with van der Waals surface area (Å²) in [6.45, 7) is 5.11. The zero-order chi connectivity index (χ0) is 23.2. The summed E-state index contributed by atoms with van der Waals surface area (Å²) in [5.74, 6) is 1.26. The van der Waals surface area contributed by atoms with Crippen molar-refractivity contribution >= 4 is 34.8 Å². The first kappa shape index (κ1) is 21.1. The number of hydrogen-bond acceptors (Lipinski definition) is 9. The number of carbonyl (C=O) groups excluding carboxylic acids is 2. The third kappa shape index (κ3) is 4.05. The number of rotatable bonds is 6. The van der Waals surface area contributed by atoms with Crippen molar-refractivity contribution in [2.45, 2.75) is 38.5 Å². The minimum atomic E-state index is -0.598. The van der Waals surface area contributed by atoms with Gasteiger partial charge >= 0.3 is 5.97 Å². The van der Waals surface area contributed by atoms with Crippen molar-refractivity contribution in [2.24, 2.45) is 5.73 Å². The van der Waals surface area contributed by atoms with Crippen LogP contribution in [0, 0.1) is 0 Å². The molecule has 33 heavy (non-hydrogen) atoms. The molecule has 0 aromatic carbocycles. The van der Waals surface area contributed by atoms with Gasteiger partial charge in [0, 0.05) is 25.4 Å². The molecule has 3 aromatic heterocycles. The molecule has 1 fully saturated rings. The Balaban J connectivity index is 1.43. The number of aromatic nitrogens is 3. The minimum absolute atomic E-state index is 0.0944. The molecule has 0 aliphatic carbocycles. The van der Waals surface area contributed by atoms with Crippen LogP contribution in [0.15, 0.2) is 30.6 Å². The van der Waals surface area contributed by atoms with E-state index >= 15 is 0 Å². The third-order valence-electron chi connectivity index (χ3n) is 5.75. The topological polar surface area (TPSA) is 133 Å². The number of cyclic esters (lactones) is 1. The highest BCUT2D eigenvalue weighted by Crippen LogP contribution is 2.31. The van der Waals surface area contributed by atoms with Gasteiger partial charge < -0.3 is 25.4 Å². The van der Waals surface area contributed by atoms with Gasteiger partial charge in [0.1, 0.15) is 23.3 Å². The molecule has 0 saturated carbocycles. The van der Waals surface area contributed by atoms with Gasteiger partial charge in [-0.3, -0.25) is 4.79 Å². The summed E-state index contributed by atoms with van der Waals surface area (Å²) < 4.78 is 11.4. The number of hydrogen-bond donors (Lipinski definition) is 2. The van der Waals surface area contributed by atoms with Crippen LogP contribution in [0.1, 0.15) is 35.5 Å². The second kappa shape index (κ2) is 7.96. The lowest BCUT2D eigenvalue weighted by Crippen LogP contribution is -2.52. The molecular weight excluding hydrogens is 424 g/mol. The van der Waals surface area contributed by atoms with Crippen LogP contribution in [-0.2, 0) is 22.5 Å². The van der Waals surface area contributed by atoms with Crippen LogP contribution in [0.4, 0.5) is 11.6 Å². The van der Waals surface area contributed by atoms with E-state index < -0.39 is 5.60 Å². The summed E-state index contributed by atoms with van der Waals surface area (Å²) in [6, 6.07) is 5.32. The smallest absolute Gasteiger partial charge is 0.340 e. The van der Waals surface area contributed by atoms with Crippen LogP contribution in [0.3, 0.4) is 0 Å². The average molecular weight is 448 g/mol. The highest BCUT2D eigenvalue weighted by molar-refractivity contribution is 5.93. The molecular formula is C23H24N6O4. The van der Waals surface area contributed by atoms with E-state index in [0.29, 0.717) is 54.8 Å². The van der Waals surface area contributed by atoms with Gasteiger partial charge in [-0.2, -0.15) is 0 Å². The fourth-order valence-electron chi connectivity index (χ4n) is 4.05. The first-order valence-corrected chi connectivity index (χ1v) is 10.7. The summed E-state index contributed by atoms with van der Waals surface area (Å²) >= 11 is 0. The van der Waals surface area contributed by atoms with Crippen molar-refractivity contribution < 1.29 is 19.1 Å². The Kier molecular flexibility index (Phi) is 5.09. The molecule has 0 bridgehead atoms. The molecule has 10 nitrogen and oxygen atoms in total. The number of ether oxygens (including phenoxy) is 2. The van der Waals surface area contributed by atoms with E-state index in [1.165, 1.54) is 0 Å². The molecule has 5 heterocycles. The predicted molar refractivity (Wildman–Crippen MR) is 120 cm³/mol. The molecule has 5 rings (SSSR count). The maximum Gasteiger partial charge on any atom is 0.340 e. The second-order valence-corrected chi connectivity index (χ2v) is 8.85. The number of esters is 1. The van der Waals surface area contributed by atoms with Gasteiger partial charge in [0.05, 0.1) is 29.7 Å². The molecule has 0 radical (unpaired) electrons. The number of amides is 1. The number of pyridine rings is 3. The van der Waals surface area contributed by atoms with E-state index in [1.807, 2.05) is 19.9 Å². The monoisotopic (exact) mass is 448 g/mol. The lowest BCUT2D eigenvalue weighted by atomic mass is 9.95. The maximum absolute atomic E-state index is 12.2. The van der Waals surface area contributed by atoms with E-state index in [9.17, 15) is 9.59 Å². The van der Waals surface area contributed by atoms with E-state index in [2.05, 4.69) is 20.3 Å². The van der Waals surface area contributed by atoms with Crippen LogP contribution in [0.2, 0.25) is 0 Å². The van der Waals surface area contributed by atoms with Crippen molar-refractivity contribution in [3.8, 4) is 5.88 Å². The zero-order valence-electron chi connectivity index (χ0n) is 18.4.